The summed E-state index contributed by atoms with van der Waals surface area (Å²) in [6, 6.07) is 0. The summed E-state index contributed by atoms with van der Waals surface area (Å²) in [6.07, 6.45) is 1.27. The summed E-state index contributed by atoms with van der Waals surface area (Å²) >= 11 is 0. The number of aliphatic carboxylic acids is 1. The fourth-order valence-corrected chi connectivity index (χ4v) is 3.08. The largest absolute Gasteiger partial charge is 0.480 e. The first-order valence-electron chi connectivity index (χ1n) is 7.17. The molecule has 2 amide bonds. The van der Waals surface area contributed by atoms with Gasteiger partial charge in [0.25, 0.3) is 0 Å². The molecule has 2 fully saturated rings. The molecule has 0 saturated carbocycles. The first-order chi connectivity index (χ1) is 9.66. The molecule has 2 heterocycles. The van der Waals surface area contributed by atoms with E-state index in [4.69, 9.17) is 9.84 Å². The van der Waals surface area contributed by atoms with Crippen LogP contribution in [0, 0.1) is 0 Å². The van der Waals surface area contributed by atoms with Gasteiger partial charge in [-0.25, -0.2) is 4.79 Å². The van der Waals surface area contributed by atoms with E-state index in [0.29, 0.717) is 25.9 Å². The van der Waals surface area contributed by atoms with E-state index in [9.17, 15) is 14.4 Å². The normalized spacial score (nSPS) is 25.8. The summed E-state index contributed by atoms with van der Waals surface area (Å²) in [7, 11) is 0. The van der Waals surface area contributed by atoms with Crippen molar-refractivity contribution < 1.29 is 24.2 Å². The second-order valence-corrected chi connectivity index (χ2v) is 6.64. The van der Waals surface area contributed by atoms with Gasteiger partial charge in [0.05, 0.1) is 0 Å². The Balaban J connectivity index is 2.16. The lowest BCUT2D eigenvalue weighted by Crippen LogP contribution is -2.54. The van der Waals surface area contributed by atoms with E-state index in [0.717, 1.165) is 6.42 Å². The van der Waals surface area contributed by atoms with Crippen molar-refractivity contribution in [3.8, 4) is 0 Å². The quantitative estimate of drug-likeness (QED) is 0.824. The van der Waals surface area contributed by atoms with Crippen LogP contribution in [-0.2, 0) is 14.3 Å². The van der Waals surface area contributed by atoms with Crippen molar-refractivity contribution in [1.29, 1.82) is 0 Å². The van der Waals surface area contributed by atoms with Gasteiger partial charge in [-0.15, -0.1) is 0 Å². The second kappa shape index (κ2) is 5.20. The standard InChI is InChI=1S/C14H22N2O5/c1-13(2,3)21-12(20)16-7-4-5-14(16)6-8-15(11(14)19)9-10(17)18/h4-9H2,1-3H3,(H,17,18)/t14-/m1/s1. The van der Waals surface area contributed by atoms with E-state index in [1.165, 1.54) is 9.80 Å². The van der Waals surface area contributed by atoms with Crippen LogP contribution >= 0.6 is 0 Å². The minimum atomic E-state index is -1.04. The Kier molecular flexibility index (Phi) is 3.86. The lowest BCUT2D eigenvalue weighted by atomic mass is 9.94. The molecule has 0 unspecified atom stereocenters. The summed E-state index contributed by atoms with van der Waals surface area (Å²) in [4.78, 5) is 38.5. The van der Waals surface area contributed by atoms with Gasteiger partial charge in [0, 0.05) is 13.1 Å². The maximum atomic E-state index is 12.6. The number of nitrogens with zero attached hydrogens (tertiary/aromatic N) is 2. The van der Waals surface area contributed by atoms with E-state index in [2.05, 4.69) is 0 Å². The minimum absolute atomic E-state index is 0.270. The Morgan fingerprint density at radius 1 is 1.29 bits per heavy atom. The topological polar surface area (TPSA) is 87.2 Å². The van der Waals surface area contributed by atoms with Crippen LogP contribution < -0.4 is 0 Å². The lowest BCUT2D eigenvalue weighted by Gasteiger charge is -2.34. The highest BCUT2D eigenvalue weighted by atomic mass is 16.6. The third-order valence-electron chi connectivity index (χ3n) is 3.91. The smallest absolute Gasteiger partial charge is 0.411 e. The predicted octanol–water partition coefficient (Wildman–Crippen LogP) is 1.07. The molecule has 7 nitrogen and oxygen atoms in total. The first kappa shape index (κ1) is 15.6. The predicted molar refractivity (Wildman–Crippen MR) is 73.7 cm³/mol. The number of carboxylic acid groups (broad SMARTS) is 1. The number of rotatable bonds is 2. The zero-order valence-corrected chi connectivity index (χ0v) is 12.7. The monoisotopic (exact) mass is 298 g/mol. The van der Waals surface area contributed by atoms with E-state index in [1.54, 1.807) is 20.8 Å². The Morgan fingerprint density at radius 2 is 1.95 bits per heavy atom. The Labute approximate surface area is 123 Å². The van der Waals surface area contributed by atoms with E-state index < -0.39 is 23.2 Å². The van der Waals surface area contributed by atoms with Crippen LogP contribution in [0.15, 0.2) is 0 Å². The molecule has 2 aliphatic rings. The number of carbonyl (C=O) groups is 3. The van der Waals surface area contributed by atoms with Gasteiger partial charge in [-0.2, -0.15) is 0 Å². The third kappa shape index (κ3) is 2.96. The Bertz CT molecular complexity index is 470. The van der Waals surface area contributed by atoms with Crippen molar-refractivity contribution in [2.75, 3.05) is 19.6 Å². The number of likely N-dealkylation sites (tertiary alicyclic amines) is 2. The van der Waals surface area contributed by atoms with Gasteiger partial charge in [-0.05, 0) is 40.0 Å². The molecule has 1 spiro atoms. The van der Waals surface area contributed by atoms with Crippen molar-refractivity contribution in [2.45, 2.75) is 51.2 Å². The van der Waals surface area contributed by atoms with Gasteiger partial charge in [0.2, 0.25) is 5.91 Å². The van der Waals surface area contributed by atoms with Gasteiger partial charge in [0.15, 0.2) is 0 Å². The fraction of sp³-hybridized carbons (Fsp3) is 0.786. The van der Waals surface area contributed by atoms with Crippen LogP contribution in [0.1, 0.15) is 40.0 Å². The number of carbonyl (C=O) groups excluding carboxylic acids is 2. The molecule has 0 bridgehead atoms. The van der Waals surface area contributed by atoms with Crippen LogP contribution in [0.2, 0.25) is 0 Å². The van der Waals surface area contributed by atoms with Crippen LogP contribution in [0.4, 0.5) is 4.79 Å². The van der Waals surface area contributed by atoms with Gasteiger partial charge in [0.1, 0.15) is 17.7 Å². The van der Waals surface area contributed by atoms with Gasteiger partial charge in [-0.1, -0.05) is 0 Å². The molecular formula is C14H22N2O5. The average molecular weight is 298 g/mol. The third-order valence-corrected chi connectivity index (χ3v) is 3.91. The van der Waals surface area contributed by atoms with E-state index >= 15 is 0 Å². The lowest BCUT2D eigenvalue weighted by molar-refractivity contribution is -0.145. The zero-order chi connectivity index (χ0) is 15.8. The molecule has 0 radical (unpaired) electrons. The molecule has 0 aromatic heterocycles. The highest BCUT2D eigenvalue weighted by Gasteiger charge is 2.56. The maximum absolute atomic E-state index is 12.6. The van der Waals surface area contributed by atoms with Crippen molar-refractivity contribution in [1.82, 2.24) is 9.80 Å². The molecule has 1 N–H and O–H groups in total. The van der Waals surface area contributed by atoms with E-state index in [-0.39, 0.29) is 12.5 Å². The molecular weight excluding hydrogens is 276 g/mol. The summed E-state index contributed by atoms with van der Waals surface area (Å²) in [6.45, 7) is 5.86. The SMILES string of the molecule is CC(C)(C)OC(=O)N1CCC[C@]12CCN(CC(=O)O)C2=O. The van der Waals surface area contributed by atoms with Crippen LogP contribution in [-0.4, -0.2) is 63.7 Å². The van der Waals surface area contributed by atoms with Crippen LogP contribution in [0.5, 0.6) is 0 Å². The summed E-state index contributed by atoms with van der Waals surface area (Å²) in [5, 5.41) is 8.85. The molecule has 2 rings (SSSR count). The molecule has 118 valence electrons. The molecule has 0 aliphatic carbocycles. The average Bonchev–Trinajstić information content (AvgIpc) is 2.87. The number of hydrogen-bond acceptors (Lipinski definition) is 4. The summed E-state index contributed by atoms with van der Waals surface area (Å²) in [5.74, 6) is -1.31. The Hall–Kier alpha value is -1.79. The summed E-state index contributed by atoms with van der Waals surface area (Å²) in [5.41, 5.74) is -1.53. The van der Waals surface area contributed by atoms with Gasteiger partial charge in [-0.3, -0.25) is 14.5 Å². The van der Waals surface area contributed by atoms with Crippen LogP contribution in [0.25, 0.3) is 0 Å². The molecule has 21 heavy (non-hydrogen) atoms. The van der Waals surface area contributed by atoms with Crippen LogP contribution in [0.3, 0.4) is 0 Å². The first-order valence-corrected chi connectivity index (χ1v) is 7.17. The minimum Gasteiger partial charge on any atom is -0.480 e. The van der Waals surface area contributed by atoms with Gasteiger partial charge >= 0.3 is 12.1 Å². The van der Waals surface area contributed by atoms with E-state index in [1.807, 2.05) is 0 Å². The molecule has 2 aliphatic heterocycles. The Morgan fingerprint density at radius 3 is 2.52 bits per heavy atom. The van der Waals surface area contributed by atoms with Crippen molar-refractivity contribution in [3.63, 3.8) is 0 Å². The highest BCUT2D eigenvalue weighted by Crippen LogP contribution is 2.39. The molecule has 0 aromatic carbocycles. The van der Waals surface area contributed by atoms with Crippen molar-refractivity contribution in [3.05, 3.63) is 0 Å². The van der Waals surface area contributed by atoms with Crippen molar-refractivity contribution >= 4 is 18.0 Å². The molecule has 7 heteroatoms. The van der Waals surface area contributed by atoms with Gasteiger partial charge < -0.3 is 14.7 Å². The fourth-order valence-electron chi connectivity index (χ4n) is 3.08. The number of amides is 2. The highest BCUT2D eigenvalue weighted by molar-refractivity contribution is 5.94. The maximum Gasteiger partial charge on any atom is 0.411 e. The van der Waals surface area contributed by atoms with Crippen molar-refractivity contribution in [2.24, 2.45) is 0 Å². The summed E-state index contributed by atoms with van der Waals surface area (Å²) < 4.78 is 5.37. The zero-order valence-electron chi connectivity index (χ0n) is 12.7. The number of hydrogen-bond donors (Lipinski definition) is 1. The second-order valence-electron chi connectivity index (χ2n) is 6.64. The molecule has 0 aromatic rings. The molecule has 2 saturated heterocycles. The molecule has 1 atom stereocenters. The number of carboxylic acids is 1. The number of ether oxygens (including phenoxy) is 1.